The summed E-state index contributed by atoms with van der Waals surface area (Å²) in [5.74, 6) is 1.17. The van der Waals surface area contributed by atoms with Gasteiger partial charge in [-0.05, 0) is 70.4 Å². The number of alkyl halides is 3. The van der Waals surface area contributed by atoms with E-state index in [9.17, 15) is 18.0 Å². The molecule has 2 saturated carbocycles. The molecule has 2 aromatic rings. The molecule has 1 aliphatic heterocycles. The normalized spacial score (nSPS) is 25.9. The number of nitrogens with zero attached hydrogens (tertiary/aromatic N) is 4. The minimum atomic E-state index is -4.27. The molecule has 1 amide bonds. The number of pyridine rings is 1. The van der Waals surface area contributed by atoms with Crippen LogP contribution in [-0.2, 0) is 4.74 Å². The van der Waals surface area contributed by atoms with E-state index in [1.165, 1.54) is 4.52 Å². The Labute approximate surface area is 195 Å². The Bertz CT molecular complexity index is 1060. The zero-order chi connectivity index (χ0) is 24.3. The number of carbonyl (C=O) groups is 1. The number of rotatable bonds is 5. The number of fused-ring (bicyclic) bond motifs is 3. The molecule has 2 bridgehead atoms. The van der Waals surface area contributed by atoms with Gasteiger partial charge in [0.15, 0.2) is 11.4 Å². The predicted molar refractivity (Wildman–Crippen MR) is 118 cm³/mol. The van der Waals surface area contributed by atoms with Crippen LogP contribution in [-0.4, -0.2) is 63.1 Å². The van der Waals surface area contributed by atoms with Gasteiger partial charge >= 0.3 is 12.3 Å². The van der Waals surface area contributed by atoms with Crippen molar-refractivity contribution in [3.63, 3.8) is 0 Å². The molecule has 2 aromatic heterocycles. The molecule has 1 unspecified atom stereocenters. The Kier molecular flexibility index (Phi) is 5.36. The van der Waals surface area contributed by atoms with E-state index < -0.39 is 23.8 Å². The number of amides is 1. The van der Waals surface area contributed by atoms with Crippen LogP contribution < -0.4 is 10.1 Å². The van der Waals surface area contributed by atoms with Crippen molar-refractivity contribution >= 4 is 17.7 Å². The standard InChI is InChI=1S/C23H30F3N5O3/c1-21(2,3)34-20(32)30-11-14-6-7-15(12-30)17(14)27-19-28-18-16(5-4-10-31(18)29-19)33-13-22(8-9-22)23(24,25)26/h4-5,10,14-15,17H,6-9,11-13H2,1-3H3,(H,27,29)/t14-,15+,17?. The zero-order valence-corrected chi connectivity index (χ0v) is 19.6. The fraction of sp³-hybridized carbons (Fsp3) is 0.696. The fourth-order valence-electron chi connectivity index (χ4n) is 5.01. The Hall–Kier alpha value is -2.72. The van der Waals surface area contributed by atoms with Gasteiger partial charge in [0.1, 0.15) is 17.6 Å². The number of anilines is 1. The molecule has 186 valence electrons. The molecule has 1 N–H and O–H groups in total. The minimum absolute atomic E-state index is 0.0872. The lowest BCUT2D eigenvalue weighted by atomic mass is 9.92. The lowest BCUT2D eigenvalue weighted by Crippen LogP contribution is -2.51. The van der Waals surface area contributed by atoms with E-state index in [1.54, 1.807) is 23.2 Å². The zero-order valence-electron chi connectivity index (χ0n) is 19.6. The predicted octanol–water partition coefficient (Wildman–Crippen LogP) is 4.51. The van der Waals surface area contributed by atoms with Gasteiger partial charge in [0.25, 0.3) is 0 Å². The molecular weight excluding hydrogens is 451 g/mol. The van der Waals surface area contributed by atoms with Crippen LogP contribution in [0.1, 0.15) is 46.5 Å². The molecule has 2 aliphatic carbocycles. The highest BCUT2D eigenvalue weighted by Crippen LogP contribution is 2.57. The molecule has 0 aromatic carbocycles. The van der Waals surface area contributed by atoms with E-state index in [-0.39, 0.29) is 42.6 Å². The van der Waals surface area contributed by atoms with Gasteiger partial charge in [0.2, 0.25) is 5.95 Å². The van der Waals surface area contributed by atoms with Crippen molar-refractivity contribution in [2.75, 3.05) is 25.0 Å². The Balaban J connectivity index is 1.26. The summed E-state index contributed by atoms with van der Waals surface area (Å²) in [6.45, 7) is 6.35. The highest BCUT2D eigenvalue weighted by atomic mass is 19.4. The van der Waals surface area contributed by atoms with Crippen molar-refractivity contribution in [1.29, 1.82) is 0 Å². The lowest BCUT2D eigenvalue weighted by molar-refractivity contribution is -0.194. The summed E-state index contributed by atoms with van der Waals surface area (Å²) in [5.41, 5.74) is -1.91. The first-order valence-corrected chi connectivity index (χ1v) is 11.7. The van der Waals surface area contributed by atoms with Gasteiger partial charge in [-0.2, -0.15) is 18.2 Å². The maximum Gasteiger partial charge on any atom is 0.410 e. The number of likely N-dealkylation sites (tertiary alicyclic amines) is 1. The van der Waals surface area contributed by atoms with Crippen LogP contribution in [0.15, 0.2) is 18.3 Å². The third-order valence-corrected chi connectivity index (χ3v) is 7.07. The monoisotopic (exact) mass is 481 g/mol. The number of aromatic nitrogens is 3. The average molecular weight is 482 g/mol. The van der Waals surface area contributed by atoms with Crippen molar-refractivity contribution in [3.8, 4) is 5.75 Å². The summed E-state index contributed by atoms with van der Waals surface area (Å²) in [7, 11) is 0. The molecule has 34 heavy (non-hydrogen) atoms. The highest BCUT2D eigenvalue weighted by molar-refractivity contribution is 5.68. The number of nitrogens with one attached hydrogen (secondary N) is 1. The Morgan fingerprint density at radius 3 is 2.47 bits per heavy atom. The number of hydrogen-bond donors (Lipinski definition) is 1. The van der Waals surface area contributed by atoms with E-state index in [1.807, 2.05) is 20.8 Å². The summed E-state index contributed by atoms with van der Waals surface area (Å²) in [4.78, 5) is 18.8. The smallest absolute Gasteiger partial charge is 0.410 e. The number of halogens is 3. The molecule has 0 radical (unpaired) electrons. The first-order valence-electron chi connectivity index (χ1n) is 11.7. The fourth-order valence-corrected chi connectivity index (χ4v) is 5.01. The molecule has 5 rings (SSSR count). The molecular formula is C23H30F3N5O3. The Morgan fingerprint density at radius 1 is 1.21 bits per heavy atom. The van der Waals surface area contributed by atoms with Crippen LogP contribution in [0.25, 0.3) is 5.65 Å². The molecule has 11 heteroatoms. The number of ether oxygens (including phenoxy) is 2. The van der Waals surface area contributed by atoms with Gasteiger partial charge in [-0.25, -0.2) is 9.31 Å². The van der Waals surface area contributed by atoms with Gasteiger partial charge in [0, 0.05) is 25.3 Å². The summed E-state index contributed by atoms with van der Waals surface area (Å²) < 4.78 is 52.4. The maximum atomic E-state index is 13.3. The second-order valence-electron chi connectivity index (χ2n) is 10.8. The summed E-state index contributed by atoms with van der Waals surface area (Å²) in [5, 5.41) is 7.88. The van der Waals surface area contributed by atoms with Crippen molar-refractivity contribution in [3.05, 3.63) is 18.3 Å². The van der Waals surface area contributed by atoms with Crippen molar-refractivity contribution in [2.45, 2.75) is 64.3 Å². The summed E-state index contributed by atoms with van der Waals surface area (Å²) in [6, 6.07) is 3.40. The number of carbonyl (C=O) groups excluding carboxylic acids is 1. The lowest BCUT2D eigenvalue weighted by Gasteiger charge is -2.38. The van der Waals surface area contributed by atoms with Crippen LogP contribution in [0.2, 0.25) is 0 Å². The van der Waals surface area contributed by atoms with Gasteiger partial charge in [-0.15, -0.1) is 5.10 Å². The first kappa shape index (κ1) is 23.0. The topological polar surface area (TPSA) is 81.0 Å². The third-order valence-electron chi connectivity index (χ3n) is 7.07. The van der Waals surface area contributed by atoms with Gasteiger partial charge in [-0.3, -0.25) is 0 Å². The summed E-state index contributed by atoms with van der Waals surface area (Å²) >= 11 is 0. The molecule has 3 fully saturated rings. The van der Waals surface area contributed by atoms with Crippen LogP contribution in [0.3, 0.4) is 0 Å². The van der Waals surface area contributed by atoms with Crippen LogP contribution in [0, 0.1) is 17.3 Å². The Morgan fingerprint density at radius 2 is 1.88 bits per heavy atom. The highest BCUT2D eigenvalue weighted by Gasteiger charge is 2.64. The van der Waals surface area contributed by atoms with E-state index in [4.69, 9.17) is 9.47 Å². The SMILES string of the molecule is CC(C)(C)OC(=O)N1C[C@H]2CC[C@@H](C1)C2Nc1nc2c(OCC3(C(F)(F)F)CC3)cccn2n1. The van der Waals surface area contributed by atoms with Crippen LogP contribution >= 0.6 is 0 Å². The van der Waals surface area contributed by atoms with Crippen LogP contribution in [0.5, 0.6) is 5.75 Å². The van der Waals surface area contributed by atoms with E-state index in [2.05, 4.69) is 15.4 Å². The average Bonchev–Trinajstić information content (AvgIpc) is 3.38. The molecule has 8 nitrogen and oxygen atoms in total. The first-order chi connectivity index (χ1) is 15.9. The summed E-state index contributed by atoms with van der Waals surface area (Å²) in [6.07, 6.45) is -0.717. The van der Waals surface area contributed by atoms with Crippen LogP contribution in [0.4, 0.5) is 23.9 Å². The third kappa shape index (κ3) is 4.36. The largest absolute Gasteiger partial charge is 0.489 e. The molecule has 3 aliphatic rings. The van der Waals surface area contributed by atoms with E-state index >= 15 is 0 Å². The van der Waals surface area contributed by atoms with Gasteiger partial charge in [0.05, 0.1) is 0 Å². The second-order valence-corrected chi connectivity index (χ2v) is 10.8. The number of piperidine rings is 1. The van der Waals surface area contributed by atoms with Gasteiger partial charge in [-0.1, -0.05) is 0 Å². The molecule has 0 spiro atoms. The maximum absolute atomic E-state index is 13.3. The molecule has 1 saturated heterocycles. The van der Waals surface area contributed by atoms with E-state index in [0.29, 0.717) is 24.7 Å². The molecule has 3 heterocycles. The van der Waals surface area contributed by atoms with E-state index in [0.717, 1.165) is 12.8 Å². The van der Waals surface area contributed by atoms with Crippen molar-refractivity contribution in [1.82, 2.24) is 19.5 Å². The quantitative estimate of drug-likeness (QED) is 0.677. The minimum Gasteiger partial charge on any atom is -0.489 e. The van der Waals surface area contributed by atoms with Gasteiger partial charge < -0.3 is 19.7 Å². The van der Waals surface area contributed by atoms with Crippen molar-refractivity contribution < 1.29 is 27.4 Å². The molecule has 3 atom stereocenters. The second kappa shape index (κ2) is 7.91. The van der Waals surface area contributed by atoms with Crippen molar-refractivity contribution in [2.24, 2.45) is 17.3 Å². The number of hydrogen-bond acceptors (Lipinski definition) is 6.